The molecule has 0 aliphatic carbocycles. The van der Waals surface area contributed by atoms with Gasteiger partial charge in [-0.15, -0.1) is 0 Å². The lowest BCUT2D eigenvalue weighted by Gasteiger charge is -2.08. The number of hydrogen-bond donors (Lipinski definition) is 1. The SMILES string of the molecule is O=C(Cn1ccc2ccccc21)Nc1ccc2c(c1)COC2=O. The number of para-hydroxylation sites is 1. The Bertz CT molecular complexity index is 927. The maximum atomic E-state index is 12.3. The molecule has 1 amide bonds. The van der Waals surface area contributed by atoms with Gasteiger partial charge in [0.05, 0.1) is 5.56 Å². The van der Waals surface area contributed by atoms with Crippen molar-refractivity contribution in [1.82, 2.24) is 4.57 Å². The second-order valence-corrected chi connectivity index (χ2v) is 5.50. The number of esters is 1. The van der Waals surface area contributed by atoms with Crippen LogP contribution >= 0.6 is 0 Å². The smallest absolute Gasteiger partial charge is 0.338 e. The lowest BCUT2D eigenvalue weighted by Crippen LogP contribution is -2.18. The van der Waals surface area contributed by atoms with E-state index in [0.29, 0.717) is 11.3 Å². The van der Waals surface area contributed by atoms with E-state index in [-0.39, 0.29) is 25.0 Å². The van der Waals surface area contributed by atoms with Crippen molar-refractivity contribution in [2.45, 2.75) is 13.2 Å². The van der Waals surface area contributed by atoms with Crippen LogP contribution in [0.3, 0.4) is 0 Å². The Morgan fingerprint density at radius 1 is 1.17 bits per heavy atom. The molecule has 23 heavy (non-hydrogen) atoms. The standard InChI is InChI=1S/C18H14N2O3/c21-17(10-20-8-7-12-3-1-2-4-16(12)20)19-14-5-6-15-13(9-14)11-23-18(15)22/h1-9H,10-11H2,(H,19,21). The van der Waals surface area contributed by atoms with Crippen molar-refractivity contribution in [2.24, 2.45) is 0 Å². The molecule has 2 heterocycles. The van der Waals surface area contributed by atoms with Crippen LogP contribution in [-0.2, 0) is 22.7 Å². The quantitative estimate of drug-likeness (QED) is 0.757. The molecule has 5 heteroatoms. The highest BCUT2D eigenvalue weighted by atomic mass is 16.5. The van der Waals surface area contributed by atoms with Crippen LogP contribution in [-0.4, -0.2) is 16.4 Å². The minimum atomic E-state index is -0.309. The van der Waals surface area contributed by atoms with E-state index in [9.17, 15) is 9.59 Å². The maximum Gasteiger partial charge on any atom is 0.338 e. The van der Waals surface area contributed by atoms with E-state index in [2.05, 4.69) is 5.32 Å². The first-order chi connectivity index (χ1) is 11.2. The summed E-state index contributed by atoms with van der Waals surface area (Å²) < 4.78 is 6.87. The first-order valence-corrected chi connectivity index (χ1v) is 7.34. The van der Waals surface area contributed by atoms with Crippen molar-refractivity contribution in [3.05, 3.63) is 65.9 Å². The summed E-state index contributed by atoms with van der Waals surface area (Å²) in [5.41, 5.74) is 3.07. The molecule has 0 spiro atoms. The molecular formula is C18H14N2O3. The highest BCUT2D eigenvalue weighted by molar-refractivity contribution is 5.96. The van der Waals surface area contributed by atoms with Gasteiger partial charge in [-0.3, -0.25) is 4.79 Å². The monoisotopic (exact) mass is 306 g/mol. The Balaban J connectivity index is 1.51. The molecule has 2 aromatic carbocycles. The van der Waals surface area contributed by atoms with Crippen molar-refractivity contribution in [3.63, 3.8) is 0 Å². The molecule has 1 aliphatic heterocycles. The molecule has 0 saturated heterocycles. The zero-order valence-corrected chi connectivity index (χ0v) is 12.3. The van der Waals surface area contributed by atoms with E-state index in [0.717, 1.165) is 16.5 Å². The largest absolute Gasteiger partial charge is 0.457 e. The molecule has 0 unspecified atom stereocenters. The van der Waals surface area contributed by atoms with Gasteiger partial charge in [0, 0.05) is 23.0 Å². The second kappa shape index (κ2) is 5.28. The van der Waals surface area contributed by atoms with Crippen molar-refractivity contribution in [1.29, 1.82) is 0 Å². The van der Waals surface area contributed by atoms with Gasteiger partial charge in [0.25, 0.3) is 0 Å². The minimum Gasteiger partial charge on any atom is -0.457 e. The normalized spacial score (nSPS) is 13.0. The number of cyclic esters (lactones) is 1. The molecule has 0 atom stereocenters. The maximum absolute atomic E-state index is 12.3. The number of ether oxygens (including phenoxy) is 1. The van der Waals surface area contributed by atoms with Crippen LogP contribution in [0.25, 0.3) is 10.9 Å². The van der Waals surface area contributed by atoms with Crippen LogP contribution in [0.2, 0.25) is 0 Å². The van der Waals surface area contributed by atoms with Gasteiger partial charge in [-0.2, -0.15) is 0 Å². The van der Waals surface area contributed by atoms with Crippen LogP contribution in [0.5, 0.6) is 0 Å². The predicted octanol–water partition coefficient (Wildman–Crippen LogP) is 2.95. The van der Waals surface area contributed by atoms with Gasteiger partial charge in [0.1, 0.15) is 13.2 Å². The van der Waals surface area contributed by atoms with Gasteiger partial charge in [-0.1, -0.05) is 18.2 Å². The fraction of sp³-hybridized carbons (Fsp3) is 0.111. The summed E-state index contributed by atoms with van der Waals surface area (Å²) in [7, 11) is 0. The summed E-state index contributed by atoms with van der Waals surface area (Å²) in [4.78, 5) is 23.7. The third-order valence-electron chi connectivity index (χ3n) is 3.96. The highest BCUT2D eigenvalue weighted by Gasteiger charge is 2.21. The molecule has 4 rings (SSSR count). The zero-order chi connectivity index (χ0) is 15.8. The van der Waals surface area contributed by atoms with E-state index >= 15 is 0 Å². The van der Waals surface area contributed by atoms with Crippen LogP contribution in [0.1, 0.15) is 15.9 Å². The molecule has 0 fully saturated rings. The number of carbonyl (C=O) groups is 2. The summed E-state index contributed by atoms with van der Waals surface area (Å²) in [5, 5.41) is 3.97. The highest BCUT2D eigenvalue weighted by Crippen LogP contribution is 2.23. The molecule has 114 valence electrons. The number of hydrogen-bond acceptors (Lipinski definition) is 3. The Labute approximate surface area is 132 Å². The van der Waals surface area contributed by atoms with Crippen molar-refractivity contribution in [3.8, 4) is 0 Å². The predicted molar refractivity (Wildman–Crippen MR) is 86.1 cm³/mol. The number of aromatic nitrogens is 1. The topological polar surface area (TPSA) is 60.3 Å². The Kier molecular flexibility index (Phi) is 3.12. The molecule has 3 aromatic rings. The van der Waals surface area contributed by atoms with Gasteiger partial charge in [-0.05, 0) is 35.7 Å². The molecule has 0 bridgehead atoms. The van der Waals surface area contributed by atoms with Gasteiger partial charge >= 0.3 is 5.97 Å². The third kappa shape index (κ3) is 2.46. The minimum absolute atomic E-state index is 0.114. The van der Waals surface area contributed by atoms with Crippen LogP contribution < -0.4 is 5.32 Å². The summed E-state index contributed by atoms with van der Waals surface area (Å²) >= 11 is 0. The van der Waals surface area contributed by atoms with E-state index < -0.39 is 0 Å². The Morgan fingerprint density at radius 2 is 2.04 bits per heavy atom. The number of fused-ring (bicyclic) bond motifs is 2. The van der Waals surface area contributed by atoms with Gasteiger partial charge < -0.3 is 14.6 Å². The van der Waals surface area contributed by atoms with Gasteiger partial charge in [0.15, 0.2) is 0 Å². The lowest BCUT2D eigenvalue weighted by atomic mass is 10.1. The number of nitrogens with one attached hydrogen (secondary N) is 1. The zero-order valence-electron chi connectivity index (χ0n) is 12.3. The number of anilines is 1. The van der Waals surface area contributed by atoms with Gasteiger partial charge in [0.2, 0.25) is 5.91 Å². The average Bonchev–Trinajstić information content (AvgIpc) is 3.12. The fourth-order valence-electron chi connectivity index (χ4n) is 2.84. The molecule has 1 N–H and O–H groups in total. The summed E-state index contributed by atoms with van der Waals surface area (Å²) in [6.07, 6.45) is 1.90. The number of amides is 1. The average molecular weight is 306 g/mol. The summed E-state index contributed by atoms with van der Waals surface area (Å²) in [6, 6.07) is 15.1. The Hall–Kier alpha value is -3.08. The van der Waals surface area contributed by atoms with Crippen molar-refractivity contribution in [2.75, 3.05) is 5.32 Å². The number of rotatable bonds is 3. The molecule has 5 nitrogen and oxygen atoms in total. The van der Waals surface area contributed by atoms with Crippen LogP contribution in [0.15, 0.2) is 54.7 Å². The van der Waals surface area contributed by atoms with E-state index in [4.69, 9.17) is 4.74 Å². The van der Waals surface area contributed by atoms with Crippen LogP contribution in [0, 0.1) is 0 Å². The summed E-state index contributed by atoms with van der Waals surface area (Å²) in [5.74, 6) is -0.423. The third-order valence-corrected chi connectivity index (χ3v) is 3.96. The van der Waals surface area contributed by atoms with Crippen LogP contribution in [0.4, 0.5) is 5.69 Å². The van der Waals surface area contributed by atoms with Gasteiger partial charge in [-0.25, -0.2) is 4.79 Å². The van der Waals surface area contributed by atoms with Crippen molar-refractivity contribution >= 4 is 28.5 Å². The molecule has 0 saturated carbocycles. The first kappa shape index (κ1) is 13.6. The van der Waals surface area contributed by atoms with E-state index in [1.165, 1.54) is 0 Å². The fourth-order valence-corrected chi connectivity index (χ4v) is 2.84. The molecular weight excluding hydrogens is 292 g/mol. The molecule has 1 aromatic heterocycles. The number of carbonyl (C=O) groups excluding carboxylic acids is 2. The number of benzene rings is 2. The first-order valence-electron chi connectivity index (χ1n) is 7.34. The lowest BCUT2D eigenvalue weighted by molar-refractivity contribution is -0.116. The summed E-state index contributed by atoms with van der Waals surface area (Å²) in [6.45, 7) is 0.500. The van der Waals surface area contributed by atoms with E-state index in [1.54, 1.807) is 18.2 Å². The Morgan fingerprint density at radius 3 is 2.96 bits per heavy atom. The second-order valence-electron chi connectivity index (χ2n) is 5.50. The number of nitrogens with zero attached hydrogens (tertiary/aromatic N) is 1. The van der Waals surface area contributed by atoms with E-state index in [1.807, 2.05) is 41.1 Å². The molecule has 1 aliphatic rings. The van der Waals surface area contributed by atoms with Crippen molar-refractivity contribution < 1.29 is 14.3 Å². The molecule has 0 radical (unpaired) electrons.